The SMILES string of the molecule is CCCN1CC=C(c2c[nH]c3ccc([N+](=O)[O-])cc23)CC1.Cl. The fourth-order valence-corrected chi connectivity index (χ4v) is 2.96. The number of aromatic nitrogens is 1. The zero-order valence-electron chi connectivity index (χ0n) is 12.5. The largest absolute Gasteiger partial charge is 0.361 e. The number of halogens is 1. The van der Waals surface area contributed by atoms with Crippen molar-refractivity contribution in [3.05, 3.63) is 46.1 Å². The molecular formula is C16H20ClN3O2. The second kappa shape index (κ2) is 6.94. The summed E-state index contributed by atoms with van der Waals surface area (Å²) in [6, 6.07) is 4.99. The Morgan fingerprint density at radius 3 is 2.86 bits per heavy atom. The minimum atomic E-state index is -0.339. The Labute approximate surface area is 135 Å². The summed E-state index contributed by atoms with van der Waals surface area (Å²) in [5, 5.41) is 11.9. The minimum Gasteiger partial charge on any atom is -0.361 e. The van der Waals surface area contributed by atoms with E-state index in [2.05, 4.69) is 22.9 Å². The molecule has 5 nitrogen and oxygen atoms in total. The Bertz CT molecular complexity index is 708. The molecule has 118 valence electrons. The summed E-state index contributed by atoms with van der Waals surface area (Å²) in [6.45, 7) is 5.34. The number of rotatable bonds is 4. The van der Waals surface area contributed by atoms with Crippen molar-refractivity contribution < 1.29 is 4.92 Å². The third-order valence-electron chi connectivity index (χ3n) is 4.06. The first kappa shape index (κ1) is 16.5. The zero-order valence-corrected chi connectivity index (χ0v) is 13.4. The smallest absolute Gasteiger partial charge is 0.270 e. The second-order valence-corrected chi connectivity index (χ2v) is 5.47. The molecule has 1 aliphatic heterocycles. The quantitative estimate of drug-likeness (QED) is 0.684. The van der Waals surface area contributed by atoms with E-state index in [1.54, 1.807) is 18.2 Å². The van der Waals surface area contributed by atoms with Gasteiger partial charge in [0.1, 0.15) is 0 Å². The van der Waals surface area contributed by atoms with Gasteiger partial charge in [0, 0.05) is 47.9 Å². The maximum Gasteiger partial charge on any atom is 0.270 e. The fraction of sp³-hybridized carbons (Fsp3) is 0.375. The van der Waals surface area contributed by atoms with Crippen LogP contribution in [0.2, 0.25) is 0 Å². The Morgan fingerprint density at radius 1 is 1.41 bits per heavy atom. The van der Waals surface area contributed by atoms with Crippen LogP contribution in [0.5, 0.6) is 0 Å². The van der Waals surface area contributed by atoms with E-state index in [0.717, 1.165) is 42.5 Å². The lowest BCUT2D eigenvalue weighted by Gasteiger charge is -2.25. The van der Waals surface area contributed by atoms with Gasteiger partial charge in [-0.3, -0.25) is 15.0 Å². The molecule has 2 aromatic rings. The summed E-state index contributed by atoms with van der Waals surface area (Å²) in [5.74, 6) is 0. The normalized spacial score (nSPS) is 15.4. The van der Waals surface area contributed by atoms with Crippen LogP contribution in [0, 0.1) is 10.1 Å². The molecule has 0 fully saturated rings. The van der Waals surface area contributed by atoms with Crippen molar-refractivity contribution in [3.8, 4) is 0 Å². The van der Waals surface area contributed by atoms with Gasteiger partial charge in [0.2, 0.25) is 0 Å². The van der Waals surface area contributed by atoms with Crippen LogP contribution in [-0.4, -0.2) is 34.4 Å². The van der Waals surface area contributed by atoms with E-state index in [0.29, 0.717) is 0 Å². The van der Waals surface area contributed by atoms with E-state index in [1.165, 1.54) is 12.0 Å². The van der Waals surface area contributed by atoms with Crippen LogP contribution in [0.1, 0.15) is 25.3 Å². The first-order chi connectivity index (χ1) is 10.2. The van der Waals surface area contributed by atoms with E-state index >= 15 is 0 Å². The number of aromatic amines is 1. The average molecular weight is 322 g/mol. The van der Waals surface area contributed by atoms with Crippen LogP contribution in [0.3, 0.4) is 0 Å². The van der Waals surface area contributed by atoms with Crippen molar-refractivity contribution in [2.75, 3.05) is 19.6 Å². The van der Waals surface area contributed by atoms with Crippen molar-refractivity contribution in [2.45, 2.75) is 19.8 Å². The molecule has 22 heavy (non-hydrogen) atoms. The van der Waals surface area contributed by atoms with Crippen molar-refractivity contribution in [3.63, 3.8) is 0 Å². The second-order valence-electron chi connectivity index (χ2n) is 5.47. The summed E-state index contributed by atoms with van der Waals surface area (Å²) in [4.78, 5) is 16.2. The van der Waals surface area contributed by atoms with Gasteiger partial charge in [-0.05, 0) is 31.0 Å². The number of nitro groups is 1. The van der Waals surface area contributed by atoms with E-state index in [4.69, 9.17) is 0 Å². The van der Waals surface area contributed by atoms with Crippen LogP contribution >= 0.6 is 12.4 Å². The van der Waals surface area contributed by atoms with Gasteiger partial charge >= 0.3 is 0 Å². The van der Waals surface area contributed by atoms with Gasteiger partial charge in [-0.1, -0.05) is 13.0 Å². The van der Waals surface area contributed by atoms with Crippen molar-refractivity contribution >= 4 is 34.6 Å². The molecule has 0 atom stereocenters. The Morgan fingerprint density at radius 2 is 2.23 bits per heavy atom. The van der Waals surface area contributed by atoms with Crippen molar-refractivity contribution in [1.29, 1.82) is 0 Å². The molecule has 0 unspecified atom stereocenters. The number of hydrogen-bond donors (Lipinski definition) is 1. The molecule has 1 N–H and O–H groups in total. The van der Waals surface area contributed by atoms with Crippen LogP contribution in [0.25, 0.3) is 16.5 Å². The Balaban J connectivity index is 0.00000176. The third-order valence-corrected chi connectivity index (χ3v) is 4.06. The molecule has 3 rings (SSSR count). The van der Waals surface area contributed by atoms with Crippen molar-refractivity contribution in [1.82, 2.24) is 9.88 Å². The zero-order chi connectivity index (χ0) is 14.8. The molecule has 2 heterocycles. The molecule has 1 aromatic carbocycles. The lowest BCUT2D eigenvalue weighted by Crippen LogP contribution is -2.29. The number of fused-ring (bicyclic) bond motifs is 1. The predicted molar refractivity (Wildman–Crippen MR) is 91.5 cm³/mol. The maximum absolute atomic E-state index is 10.9. The van der Waals surface area contributed by atoms with Gasteiger partial charge in [0.15, 0.2) is 0 Å². The topological polar surface area (TPSA) is 62.2 Å². The number of nitro benzene ring substituents is 1. The molecule has 0 amide bonds. The van der Waals surface area contributed by atoms with Gasteiger partial charge in [0.05, 0.1) is 4.92 Å². The molecule has 0 bridgehead atoms. The number of nitrogens with one attached hydrogen (secondary N) is 1. The standard InChI is InChI=1S/C16H19N3O2.ClH/c1-2-7-18-8-5-12(6-9-18)15-11-17-16-4-3-13(19(20)21)10-14(15)16;/h3-5,10-11,17H,2,6-9H2,1H3;1H. The third kappa shape index (κ3) is 3.15. The molecular weight excluding hydrogens is 302 g/mol. The summed E-state index contributed by atoms with van der Waals surface area (Å²) in [6.07, 6.45) is 6.38. The minimum absolute atomic E-state index is 0. The number of benzene rings is 1. The highest BCUT2D eigenvalue weighted by molar-refractivity contribution is 5.94. The molecule has 1 aromatic heterocycles. The lowest BCUT2D eigenvalue weighted by molar-refractivity contribution is -0.384. The molecule has 6 heteroatoms. The lowest BCUT2D eigenvalue weighted by atomic mass is 9.98. The first-order valence-electron chi connectivity index (χ1n) is 7.36. The van der Waals surface area contributed by atoms with Gasteiger partial charge in [-0.15, -0.1) is 12.4 Å². The highest BCUT2D eigenvalue weighted by Crippen LogP contribution is 2.31. The van der Waals surface area contributed by atoms with Gasteiger partial charge in [0.25, 0.3) is 5.69 Å². The molecule has 1 aliphatic rings. The maximum atomic E-state index is 10.9. The highest BCUT2D eigenvalue weighted by atomic mass is 35.5. The molecule has 0 saturated carbocycles. The molecule has 0 saturated heterocycles. The predicted octanol–water partition coefficient (Wildman–Crippen LogP) is 4.00. The van der Waals surface area contributed by atoms with E-state index in [9.17, 15) is 10.1 Å². The average Bonchev–Trinajstić information content (AvgIpc) is 2.91. The van der Waals surface area contributed by atoms with Crippen LogP contribution in [-0.2, 0) is 0 Å². The van der Waals surface area contributed by atoms with Gasteiger partial charge in [-0.2, -0.15) is 0 Å². The van der Waals surface area contributed by atoms with Crippen LogP contribution in [0.4, 0.5) is 5.69 Å². The van der Waals surface area contributed by atoms with E-state index in [1.807, 2.05) is 6.20 Å². The summed E-state index contributed by atoms with van der Waals surface area (Å²) < 4.78 is 0. The molecule has 0 aliphatic carbocycles. The monoisotopic (exact) mass is 321 g/mol. The van der Waals surface area contributed by atoms with Crippen LogP contribution in [0.15, 0.2) is 30.5 Å². The number of nitrogens with zero attached hydrogens (tertiary/aromatic N) is 2. The summed E-state index contributed by atoms with van der Waals surface area (Å²) >= 11 is 0. The van der Waals surface area contributed by atoms with E-state index < -0.39 is 0 Å². The van der Waals surface area contributed by atoms with Crippen LogP contribution < -0.4 is 0 Å². The first-order valence-corrected chi connectivity index (χ1v) is 7.36. The van der Waals surface area contributed by atoms with Gasteiger partial charge < -0.3 is 4.98 Å². The Hall–Kier alpha value is -1.85. The summed E-state index contributed by atoms with van der Waals surface area (Å²) in [5.41, 5.74) is 3.49. The number of H-pyrrole nitrogens is 1. The Kier molecular flexibility index (Phi) is 5.21. The summed E-state index contributed by atoms with van der Waals surface area (Å²) in [7, 11) is 0. The fourth-order valence-electron chi connectivity index (χ4n) is 2.96. The molecule has 0 radical (unpaired) electrons. The number of non-ortho nitro benzene ring substituents is 1. The molecule has 0 spiro atoms. The highest BCUT2D eigenvalue weighted by Gasteiger charge is 2.16. The number of hydrogen-bond acceptors (Lipinski definition) is 3. The van der Waals surface area contributed by atoms with Crippen molar-refractivity contribution in [2.24, 2.45) is 0 Å². The van der Waals surface area contributed by atoms with Gasteiger partial charge in [-0.25, -0.2) is 0 Å². The van der Waals surface area contributed by atoms with E-state index in [-0.39, 0.29) is 23.0 Å².